The van der Waals surface area contributed by atoms with Crippen LogP contribution in [-0.4, -0.2) is 4.43 Å². The van der Waals surface area contributed by atoms with Crippen LogP contribution in [0.25, 0.3) is 0 Å². The SMILES string of the molecule is C=CCI(c1ccccc1)c1ccccc1. The van der Waals surface area contributed by atoms with Crippen molar-refractivity contribution in [2.75, 3.05) is 4.43 Å². The van der Waals surface area contributed by atoms with E-state index in [1.54, 1.807) is 0 Å². The van der Waals surface area contributed by atoms with E-state index in [4.69, 9.17) is 0 Å². The summed E-state index contributed by atoms with van der Waals surface area (Å²) in [7, 11) is 0. The van der Waals surface area contributed by atoms with E-state index in [2.05, 4.69) is 73.3 Å². The van der Waals surface area contributed by atoms with E-state index < -0.39 is 19.8 Å². The van der Waals surface area contributed by atoms with Gasteiger partial charge in [-0.05, 0) is 0 Å². The van der Waals surface area contributed by atoms with Gasteiger partial charge < -0.3 is 0 Å². The second-order valence-corrected chi connectivity index (χ2v) is 8.83. The fraction of sp³-hybridized carbons (Fsp3) is 0.0667. The number of hydrogen-bond acceptors (Lipinski definition) is 0. The number of hydrogen-bond donors (Lipinski definition) is 0. The molecule has 1 heteroatoms. The molecule has 0 aliphatic rings. The van der Waals surface area contributed by atoms with E-state index in [0.717, 1.165) is 4.43 Å². The maximum atomic E-state index is 3.89. The minimum absolute atomic E-state index is 1.14. The number of alkyl halides is 1. The minimum atomic E-state index is -1.26. The third kappa shape index (κ3) is 2.73. The Balaban J connectivity index is 2.35. The van der Waals surface area contributed by atoms with Crippen molar-refractivity contribution in [1.82, 2.24) is 0 Å². The Morgan fingerprint density at radius 1 is 0.812 bits per heavy atom. The molecule has 0 N–H and O–H groups in total. The molecule has 2 aromatic rings. The van der Waals surface area contributed by atoms with Crippen LogP contribution >= 0.6 is 19.8 Å². The van der Waals surface area contributed by atoms with Gasteiger partial charge in [0.25, 0.3) is 0 Å². The molecule has 82 valence electrons. The first kappa shape index (κ1) is 11.4. The number of benzene rings is 2. The molecule has 2 rings (SSSR count). The summed E-state index contributed by atoms with van der Waals surface area (Å²) in [5.74, 6) is 0. The first-order chi connectivity index (χ1) is 7.92. The Labute approximate surface area is 104 Å². The molecule has 0 bridgehead atoms. The summed E-state index contributed by atoms with van der Waals surface area (Å²) in [5.41, 5.74) is 0. The van der Waals surface area contributed by atoms with Gasteiger partial charge in [0.15, 0.2) is 0 Å². The van der Waals surface area contributed by atoms with Crippen molar-refractivity contribution in [3.63, 3.8) is 0 Å². The molecule has 0 heterocycles. The molecule has 0 aliphatic carbocycles. The van der Waals surface area contributed by atoms with Crippen molar-refractivity contribution in [2.45, 2.75) is 0 Å². The van der Waals surface area contributed by atoms with Gasteiger partial charge in [0, 0.05) is 0 Å². The monoisotopic (exact) mass is 322 g/mol. The topological polar surface area (TPSA) is 0 Å². The number of halogens is 1. The zero-order valence-corrected chi connectivity index (χ0v) is 11.3. The van der Waals surface area contributed by atoms with E-state index in [1.807, 2.05) is 0 Å². The van der Waals surface area contributed by atoms with Crippen molar-refractivity contribution < 1.29 is 0 Å². The summed E-state index contributed by atoms with van der Waals surface area (Å²) < 4.78 is 4.16. The normalized spacial score (nSPS) is 10.9. The standard InChI is InChI=1S/C15H15I/c1-2-13-16(14-9-5-3-6-10-14)15-11-7-4-8-12-15/h2-12H,1,13H2. The van der Waals surface area contributed by atoms with Crippen LogP contribution < -0.4 is 0 Å². The Hall–Kier alpha value is -1.09. The van der Waals surface area contributed by atoms with E-state index >= 15 is 0 Å². The molecular formula is C15H15I. The van der Waals surface area contributed by atoms with Gasteiger partial charge in [0.2, 0.25) is 0 Å². The zero-order valence-electron chi connectivity index (χ0n) is 9.14. The van der Waals surface area contributed by atoms with E-state index in [-0.39, 0.29) is 0 Å². The van der Waals surface area contributed by atoms with Gasteiger partial charge in [-0.3, -0.25) is 0 Å². The van der Waals surface area contributed by atoms with Gasteiger partial charge >= 0.3 is 105 Å². The van der Waals surface area contributed by atoms with Crippen LogP contribution in [0.4, 0.5) is 0 Å². The van der Waals surface area contributed by atoms with Crippen LogP contribution in [0.15, 0.2) is 73.3 Å². The molecule has 0 atom stereocenters. The van der Waals surface area contributed by atoms with Crippen LogP contribution in [0.1, 0.15) is 0 Å². The Morgan fingerprint density at radius 2 is 1.25 bits per heavy atom. The third-order valence-corrected chi connectivity index (χ3v) is 8.21. The third-order valence-electron chi connectivity index (χ3n) is 2.26. The molecule has 0 fully saturated rings. The molecule has 16 heavy (non-hydrogen) atoms. The van der Waals surface area contributed by atoms with Gasteiger partial charge in [-0.15, -0.1) is 0 Å². The summed E-state index contributed by atoms with van der Waals surface area (Å²) in [5, 5.41) is 0. The molecule has 2 aromatic carbocycles. The molecule has 0 nitrogen and oxygen atoms in total. The molecule has 0 saturated heterocycles. The Morgan fingerprint density at radius 3 is 1.62 bits per heavy atom. The first-order valence-electron chi connectivity index (χ1n) is 5.28. The summed E-state index contributed by atoms with van der Waals surface area (Å²) in [6.45, 7) is 3.89. The van der Waals surface area contributed by atoms with Crippen molar-refractivity contribution >= 4 is 19.8 Å². The molecule has 0 spiro atoms. The Kier molecular flexibility index (Phi) is 4.17. The molecule has 0 aromatic heterocycles. The van der Waals surface area contributed by atoms with Crippen LogP contribution in [0.5, 0.6) is 0 Å². The van der Waals surface area contributed by atoms with Crippen LogP contribution in [-0.2, 0) is 0 Å². The van der Waals surface area contributed by atoms with Gasteiger partial charge in [-0.2, -0.15) is 0 Å². The molecule has 0 unspecified atom stereocenters. The zero-order chi connectivity index (χ0) is 11.2. The van der Waals surface area contributed by atoms with Crippen LogP contribution in [0, 0.1) is 7.14 Å². The fourth-order valence-electron chi connectivity index (χ4n) is 1.55. The van der Waals surface area contributed by atoms with Crippen molar-refractivity contribution in [2.24, 2.45) is 0 Å². The second-order valence-electron chi connectivity index (χ2n) is 3.40. The van der Waals surface area contributed by atoms with E-state index in [1.165, 1.54) is 7.14 Å². The van der Waals surface area contributed by atoms with Gasteiger partial charge in [-0.1, -0.05) is 0 Å². The quantitative estimate of drug-likeness (QED) is 0.444. The number of rotatable bonds is 4. The summed E-state index contributed by atoms with van der Waals surface area (Å²) in [6, 6.07) is 21.7. The van der Waals surface area contributed by atoms with Crippen molar-refractivity contribution in [3.05, 3.63) is 80.5 Å². The molecular weight excluding hydrogens is 307 g/mol. The molecule has 0 radical (unpaired) electrons. The summed E-state index contributed by atoms with van der Waals surface area (Å²) >= 11 is -1.26. The molecule has 0 saturated carbocycles. The average Bonchev–Trinajstić information content (AvgIpc) is 2.38. The van der Waals surface area contributed by atoms with Gasteiger partial charge in [0.05, 0.1) is 0 Å². The van der Waals surface area contributed by atoms with Crippen LogP contribution in [0.2, 0.25) is 0 Å². The Bertz CT molecular complexity index is 394. The fourth-order valence-corrected chi connectivity index (χ4v) is 6.47. The predicted octanol–water partition coefficient (Wildman–Crippen LogP) is 4.42. The molecule has 0 aliphatic heterocycles. The first-order valence-corrected chi connectivity index (χ1v) is 8.97. The second kappa shape index (κ2) is 5.85. The number of allylic oxidation sites excluding steroid dienone is 1. The van der Waals surface area contributed by atoms with Gasteiger partial charge in [-0.25, -0.2) is 0 Å². The van der Waals surface area contributed by atoms with Crippen molar-refractivity contribution in [3.8, 4) is 0 Å². The summed E-state index contributed by atoms with van der Waals surface area (Å²) in [6.07, 6.45) is 2.06. The van der Waals surface area contributed by atoms with Crippen LogP contribution in [0.3, 0.4) is 0 Å². The van der Waals surface area contributed by atoms with Gasteiger partial charge in [0.1, 0.15) is 0 Å². The van der Waals surface area contributed by atoms with E-state index in [9.17, 15) is 0 Å². The molecule has 0 amide bonds. The van der Waals surface area contributed by atoms with E-state index in [0.29, 0.717) is 0 Å². The van der Waals surface area contributed by atoms with Crippen molar-refractivity contribution in [1.29, 1.82) is 0 Å². The predicted molar refractivity (Wildman–Crippen MR) is 79.4 cm³/mol. The maximum absolute atomic E-state index is 3.89. The summed E-state index contributed by atoms with van der Waals surface area (Å²) in [4.78, 5) is 0. The average molecular weight is 322 g/mol.